The highest BCUT2D eigenvalue weighted by Crippen LogP contribution is 2.43. The first-order valence-corrected chi connectivity index (χ1v) is 10.8. The minimum atomic E-state index is -0.799. The first kappa shape index (κ1) is 21.1. The lowest BCUT2D eigenvalue weighted by atomic mass is 9.67. The summed E-state index contributed by atoms with van der Waals surface area (Å²) in [5, 5.41) is 9.15. The summed E-state index contributed by atoms with van der Waals surface area (Å²) < 4.78 is 0. The molecule has 1 saturated carbocycles. The van der Waals surface area contributed by atoms with Crippen LogP contribution in [0.5, 0.6) is 0 Å². The van der Waals surface area contributed by atoms with Crippen LogP contribution >= 0.6 is 0 Å². The van der Waals surface area contributed by atoms with Gasteiger partial charge in [0, 0.05) is 6.54 Å². The molecule has 28 heavy (non-hydrogen) atoms. The molecule has 0 aromatic carbocycles. The maximum absolute atomic E-state index is 13.0. The Hall–Kier alpha value is -1.63. The Morgan fingerprint density at radius 1 is 1.21 bits per heavy atom. The zero-order chi connectivity index (χ0) is 20.4. The van der Waals surface area contributed by atoms with E-state index in [9.17, 15) is 14.4 Å². The quantitative estimate of drug-likeness (QED) is 0.625. The van der Waals surface area contributed by atoms with Crippen LogP contribution in [0.25, 0.3) is 0 Å². The number of rotatable bonds is 5. The van der Waals surface area contributed by atoms with Gasteiger partial charge in [-0.05, 0) is 75.3 Å². The zero-order valence-corrected chi connectivity index (χ0v) is 17.6. The summed E-state index contributed by atoms with van der Waals surface area (Å²) in [6.07, 6.45) is 6.46. The molecule has 2 heterocycles. The third kappa shape index (κ3) is 4.67. The predicted molar refractivity (Wildman–Crippen MR) is 108 cm³/mol. The van der Waals surface area contributed by atoms with Gasteiger partial charge in [-0.3, -0.25) is 14.5 Å². The fourth-order valence-electron chi connectivity index (χ4n) is 4.92. The highest BCUT2D eigenvalue weighted by atomic mass is 16.2. The molecule has 2 aliphatic heterocycles. The molecule has 1 spiro atoms. The lowest BCUT2D eigenvalue weighted by molar-refractivity contribution is -0.136. The first-order chi connectivity index (χ1) is 13.2. The number of nitrogens with one attached hydrogen (secondary N) is 3. The van der Waals surface area contributed by atoms with Crippen molar-refractivity contribution in [1.29, 1.82) is 0 Å². The van der Waals surface area contributed by atoms with Crippen LogP contribution in [-0.2, 0) is 9.59 Å². The molecule has 0 aromatic rings. The molecule has 3 rings (SSSR count). The Labute approximate surface area is 168 Å². The molecule has 1 unspecified atom stereocenters. The number of urea groups is 1. The molecule has 0 aromatic heterocycles. The van der Waals surface area contributed by atoms with E-state index in [-0.39, 0.29) is 23.8 Å². The van der Waals surface area contributed by atoms with E-state index in [0.29, 0.717) is 31.2 Å². The van der Waals surface area contributed by atoms with E-state index < -0.39 is 11.6 Å². The van der Waals surface area contributed by atoms with Crippen LogP contribution in [0, 0.1) is 17.3 Å². The van der Waals surface area contributed by atoms with Gasteiger partial charge in [-0.2, -0.15) is 0 Å². The molecular formula is C21H36N4O3. The number of carbonyl (C=O) groups is 3. The highest BCUT2D eigenvalue weighted by molar-refractivity contribution is 6.09. The van der Waals surface area contributed by atoms with Crippen LogP contribution in [0.1, 0.15) is 65.7 Å². The molecule has 0 bridgehead atoms. The summed E-state index contributed by atoms with van der Waals surface area (Å²) in [6.45, 7) is 9.17. The second-order valence-corrected chi connectivity index (χ2v) is 9.89. The minimum Gasteiger partial charge on any atom is -0.355 e. The molecule has 1 aliphatic carbocycles. The van der Waals surface area contributed by atoms with Crippen LogP contribution in [0.3, 0.4) is 0 Å². The fourth-order valence-corrected chi connectivity index (χ4v) is 4.92. The van der Waals surface area contributed by atoms with Gasteiger partial charge in [0.1, 0.15) is 12.1 Å². The van der Waals surface area contributed by atoms with Crippen LogP contribution < -0.4 is 16.0 Å². The van der Waals surface area contributed by atoms with E-state index in [2.05, 4.69) is 36.7 Å². The third-order valence-corrected chi connectivity index (χ3v) is 6.89. The lowest BCUT2D eigenvalue weighted by Gasteiger charge is -2.40. The number of hydrogen-bond acceptors (Lipinski definition) is 4. The van der Waals surface area contributed by atoms with Crippen molar-refractivity contribution in [3.8, 4) is 0 Å². The van der Waals surface area contributed by atoms with E-state index in [1.807, 2.05) is 0 Å². The molecule has 0 radical (unpaired) electrons. The van der Waals surface area contributed by atoms with Crippen LogP contribution in [0.2, 0.25) is 0 Å². The summed E-state index contributed by atoms with van der Waals surface area (Å²) in [6, 6.07) is -0.425. The van der Waals surface area contributed by atoms with Crippen molar-refractivity contribution in [2.45, 2.75) is 71.3 Å². The summed E-state index contributed by atoms with van der Waals surface area (Å²) in [4.78, 5) is 38.8. The second kappa shape index (κ2) is 8.39. The van der Waals surface area contributed by atoms with Crippen molar-refractivity contribution in [3.63, 3.8) is 0 Å². The number of carbonyl (C=O) groups excluding carboxylic acids is 3. The monoisotopic (exact) mass is 392 g/mol. The standard InChI is InChI=1S/C21H36N4O3/c1-20(2,3)16-6-9-21(10-7-16)18(27)25(19(28)24-21)14-17(26)23-12-8-15-5-4-11-22-13-15/h15-16,22H,4-14H2,1-3H3,(H,23,26)(H,24,28). The molecule has 7 nitrogen and oxygen atoms in total. The molecule has 158 valence electrons. The number of hydrogen-bond donors (Lipinski definition) is 3. The number of piperidine rings is 1. The highest BCUT2D eigenvalue weighted by Gasteiger charge is 2.53. The molecule has 4 amide bonds. The van der Waals surface area contributed by atoms with Crippen molar-refractivity contribution < 1.29 is 14.4 Å². The summed E-state index contributed by atoms with van der Waals surface area (Å²) in [5.41, 5.74) is -0.590. The maximum Gasteiger partial charge on any atom is 0.325 e. The van der Waals surface area contributed by atoms with Gasteiger partial charge in [-0.15, -0.1) is 0 Å². The van der Waals surface area contributed by atoms with Gasteiger partial charge in [-0.1, -0.05) is 20.8 Å². The van der Waals surface area contributed by atoms with Crippen molar-refractivity contribution in [2.24, 2.45) is 17.3 Å². The zero-order valence-electron chi connectivity index (χ0n) is 17.6. The largest absolute Gasteiger partial charge is 0.355 e. The van der Waals surface area contributed by atoms with E-state index in [1.54, 1.807) is 0 Å². The predicted octanol–water partition coefficient (Wildman–Crippen LogP) is 2.02. The Kier molecular flexibility index (Phi) is 6.32. The fraction of sp³-hybridized carbons (Fsp3) is 0.857. The molecule has 2 saturated heterocycles. The smallest absolute Gasteiger partial charge is 0.325 e. The molecule has 3 fully saturated rings. The Morgan fingerprint density at radius 3 is 2.54 bits per heavy atom. The first-order valence-electron chi connectivity index (χ1n) is 10.8. The van der Waals surface area contributed by atoms with Crippen molar-refractivity contribution >= 4 is 17.8 Å². The van der Waals surface area contributed by atoms with Gasteiger partial charge in [-0.25, -0.2) is 4.79 Å². The average Bonchev–Trinajstić information content (AvgIpc) is 2.86. The van der Waals surface area contributed by atoms with Gasteiger partial charge in [0.05, 0.1) is 0 Å². The Morgan fingerprint density at radius 2 is 1.93 bits per heavy atom. The SMILES string of the molecule is CC(C)(C)C1CCC2(CC1)NC(=O)N(CC(=O)NCCC1CCCNC1)C2=O. The van der Waals surface area contributed by atoms with Crippen molar-refractivity contribution in [1.82, 2.24) is 20.9 Å². The lowest BCUT2D eigenvalue weighted by Crippen LogP contribution is -2.51. The molecular weight excluding hydrogens is 356 g/mol. The van der Waals surface area contributed by atoms with Crippen LogP contribution in [0.4, 0.5) is 4.79 Å². The van der Waals surface area contributed by atoms with Crippen molar-refractivity contribution in [2.75, 3.05) is 26.2 Å². The maximum atomic E-state index is 13.0. The normalized spacial score (nSPS) is 31.2. The van der Waals surface area contributed by atoms with Gasteiger partial charge in [0.15, 0.2) is 0 Å². The molecule has 7 heteroatoms. The molecule has 1 atom stereocenters. The van der Waals surface area contributed by atoms with E-state index in [0.717, 1.165) is 37.3 Å². The number of nitrogens with zero attached hydrogens (tertiary/aromatic N) is 1. The minimum absolute atomic E-state index is 0.183. The summed E-state index contributed by atoms with van der Waals surface area (Å²) >= 11 is 0. The van der Waals surface area contributed by atoms with Gasteiger partial charge in [0.2, 0.25) is 5.91 Å². The van der Waals surface area contributed by atoms with E-state index in [1.165, 1.54) is 12.8 Å². The Balaban J connectivity index is 1.48. The van der Waals surface area contributed by atoms with Crippen LogP contribution in [-0.4, -0.2) is 54.5 Å². The summed E-state index contributed by atoms with van der Waals surface area (Å²) in [7, 11) is 0. The van der Waals surface area contributed by atoms with Gasteiger partial charge in [0.25, 0.3) is 5.91 Å². The van der Waals surface area contributed by atoms with Crippen LogP contribution in [0.15, 0.2) is 0 Å². The second-order valence-electron chi connectivity index (χ2n) is 9.89. The van der Waals surface area contributed by atoms with Gasteiger partial charge >= 0.3 is 6.03 Å². The van der Waals surface area contributed by atoms with Gasteiger partial charge < -0.3 is 16.0 Å². The third-order valence-electron chi connectivity index (χ3n) is 6.89. The molecule has 3 N–H and O–H groups in total. The molecule has 3 aliphatic rings. The number of amides is 4. The Bertz CT molecular complexity index is 599. The average molecular weight is 393 g/mol. The van der Waals surface area contributed by atoms with E-state index in [4.69, 9.17) is 0 Å². The summed E-state index contributed by atoms with van der Waals surface area (Å²) in [5.74, 6) is 0.658. The topological polar surface area (TPSA) is 90.5 Å². The van der Waals surface area contributed by atoms with Crippen molar-refractivity contribution in [3.05, 3.63) is 0 Å². The van der Waals surface area contributed by atoms with E-state index >= 15 is 0 Å². The number of imide groups is 1.